The first-order valence-electron chi connectivity index (χ1n) is 9.79. The molecule has 0 radical (unpaired) electrons. The minimum absolute atomic E-state index is 0.0472. The van der Waals surface area contributed by atoms with Crippen LogP contribution < -0.4 is 14.5 Å². The van der Waals surface area contributed by atoms with Crippen molar-refractivity contribution in [2.75, 3.05) is 23.6 Å². The average Bonchev–Trinajstić information content (AvgIpc) is 2.74. The summed E-state index contributed by atoms with van der Waals surface area (Å²) in [6, 6.07) is 7.53. The minimum Gasteiger partial charge on any atom is -0.481 e. The van der Waals surface area contributed by atoms with Crippen molar-refractivity contribution in [2.45, 2.75) is 20.0 Å². The number of rotatable bonds is 3. The zero-order valence-electron chi connectivity index (χ0n) is 17.8. The molecule has 0 unspecified atom stereocenters. The van der Waals surface area contributed by atoms with Crippen molar-refractivity contribution in [2.24, 2.45) is 0 Å². The quantitative estimate of drug-likeness (QED) is 0.464. The largest absolute Gasteiger partial charge is 0.481 e. The van der Waals surface area contributed by atoms with Gasteiger partial charge < -0.3 is 9.64 Å². The zero-order valence-corrected chi connectivity index (χ0v) is 17.8. The molecule has 2 heterocycles. The van der Waals surface area contributed by atoms with Crippen molar-refractivity contribution in [1.29, 1.82) is 0 Å². The van der Waals surface area contributed by atoms with Crippen LogP contribution in [0.3, 0.4) is 0 Å². The van der Waals surface area contributed by atoms with E-state index >= 15 is 0 Å². The number of pyridine rings is 1. The highest BCUT2D eigenvalue weighted by Gasteiger charge is 2.37. The fourth-order valence-electron chi connectivity index (χ4n) is 3.89. The van der Waals surface area contributed by atoms with Gasteiger partial charge in [0.15, 0.2) is 0 Å². The minimum atomic E-state index is -4.68. The lowest BCUT2D eigenvalue weighted by Crippen LogP contribution is -2.46. The van der Waals surface area contributed by atoms with Crippen LogP contribution in [0.15, 0.2) is 42.5 Å². The van der Waals surface area contributed by atoms with E-state index < -0.39 is 29.3 Å². The molecule has 0 saturated carbocycles. The molecule has 1 aliphatic rings. The number of hydrogen-bond acceptors (Lipinski definition) is 4. The van der Waals surface area contributed by atoms with E-state index in [0.29, 0.717) is 17.4 Å². The summed E-state index contributed by atoms with van der Waals surface area (Å²) < 4.78 is 73.8. The molecule has 0 spiro atoms. The van der Waals surface area contributed by atoms with Crippen LogP contribution in [-0.2, 0) is 6.18 Å². The van der Waals surface area contributed by atoms with E-state index in [0.717, 1.165) is 24.3 Å². The van der Waals surface area contributed by atoms with Gasteiger partial charge in [0.2, 0.25) is 5.88 Å². The Kier molecular flexibility index (Phi) is 5.47. The van der Waals surface area contributed by atoms with Gasteiger partial charge in [-0.25, -0.2) is 13.8 Å². The molecule has 0 atom stereocenters. The summed E-state index contributed by atoms with van der Waals surface area (Å²) in [6.45, 7) is 2.86. The molecule has 2 aromatic carbocycles. The average molecular weight is 463 g/mol. The molecular weight excluding hydrogens is 445 g/mol. The normalized spacial score (nSPS) is 13.9. The molecule has 0 aliphatic carbocycles. The number of carbonyl (C=O) groups excluding carboxylic acids is 1. The van der Waals surface area contributed by atoms with Crippen molar-refractivity contribution >= 4 is 23.0 Å². The lowest BCUT2D eigenvalue weighted by Gasteiger charge is -2.39. The van der Waals surface area contributed by atoms with E-state index in [9.17, 15) is 26.7 Å². The van der Waals surface area contributed by atoms with Crippen molar-refractivity contribution in [3.63, 3.8) is 0 Å². The molecular formula is C23H18F5N3O2. The van der Waals surface area contributed by atoms with Gasteiger partial charge in [-0.15, -0.1) is 0 Å². The first-order valence-corrected chi connectivity index (χ1v) is 9.79. The Morgan fingerprint density at radius 3 is 2.27 bits per heavy atom. The van der Waals surface area contributed by atoms with E-state index in [4.69, 9.17) is 4.74 Å². The van der Waals surface area contributed by atoms with E-state index in [1.54, 1.807) is 13.0 Å². The summed E-state index contributed by atoms with van der Waals surface area (Å²) in [6.07, 6.45) is -4.68. The highest BCUT2D eigenvalue weighted by molar-refractivity contribution is 6.13. The molecule has 0 N–H and O–H groups in total. The third kappa shape index (κ3) is 3.96. The third-order valence-electron chi connectivity index (χ3n) is 5.39. The molecule has 172 valence electrons. The van der Waals surface area contributed by atoms with Crippen LogP contribution in [0, 0.1) is 25.5 Å². The Labute approximate surface area is 186 Å². The van der Waals surface area contributed by atoms with Gasteiger partial charge in [-0.2, -0.15) is 13.2 Å². The molecule has 10 heteroatoms. The lowest BCUT2D eigenvalue weighted by atomic mass is 10.0. The first kappa shape index (κ1) is 22.5. The van der Waals surface area contributed by atoms with Crippen molar-refractivity contribution < 1.29 is 31.5 Å². The highest BCUT2D eigenvalue weighted by atomic mass is 19.4. The number of benzene rings is 2. The Morgan fingerprint density at radius 1 is 0.970 bits per heavy atom. The summed E-state index contributed by atoms with van der Waals surface area (Å²) in [5.41, 5.74) is -0.335. The number of fused-ring (bicyclic) bond motifs is 1. The fraction of sp³-hybridized carbons (Fsp3) is 0.217. The highest BCUT2D eigenvalue weighted by Crippen LogP contribution is 2.41. The van der Waals surface area contributed by atoms with Gasteiger partial charge in [0.1, 0.15) is 18.3 Å². The van der Waals surface area contributed by atoms with Crippen LogP contribution in [0.4, 0.5) is 39.0 Å². The van der Waals surface area contributed by atoms with Gasteiger partial charge in [-0.3, -0.25) is 9.69 Å². The number of halogens is 5. The predicted octanol–water partition coefficient (Wildman–Crippen LogP) is 5.76. The fourth-order valence-corrected chi connectivity index (χ4v) is 3.89. The molecule has 1 aromatic heterocycles. The molecule has 0 saturated heterocycles. The molecule has 5 nitrogen and oxygen atoms in total. The number of aromatic nitrogens is 1. The first-order chi connectivity index (χ1) is 15.5. The topological polar surface area (TPSA) is 45.7 Å². The number of ether oxygens (including phenoxy) is 1. The third-order valence-corrected chi connectivity index (χ3v) is 5.39. The zero-order chi connectivity index (χ0) is 24.1. The predicted molar refractivity (Wildman–Crippen MR) is 112 cm³/mol. The number of anilines is 3. The number of hydrogen-bond donors (Lipinski definition) is 0. The summed E-state index contributed by atoms with van der Waals surface area (Å²) in [5.74, 6) is -2.11. The Bertz CT molecular complexity index is 1240. The van der Waals surface area contributed by atoms with E-state index in [-0.39, 0.29) is 35.1 Å². The molecule has 1 amide bonds. The van der Waals surface area contributed by atoms with Crippen LogP contribution >= 0.6 is 0 Å². The number of alkyl halides is 3. The smallest absolute Gasteiger partial charge is 0.416 e. The molecule has 3 aromatic rings. The number of nitrogens with zero attached hydrogens (tertiary/aromatic N) is 3. The van der Waals surface area contributed by atoms with Crippen molar-refractivity contribution in [1.82, 2.24) is 4.98 Å². The Morgan fingerprint density at radius 2 is 1.67 bits per heavy atom. The van der Waals surface area contributed by atoms with E-state index in [2.05, 4.69) is 4.98 Å². The SMILES string of the molecule is COc1ccc(N2CN(c3c(C)cc(F)cc3F)c3ccc(C(F)(F)F)cc3C2=O)c(C)n1. The molecule has 0 fully saturated rings. The van der Waals surface area contributed by atoms with Gasteiger partial charge in [0.25, 0.3) is 5.91 Å². The number of carbonyl (C=O) groups is 1. The van der Waals surface area contributed by atoms with Crippen molar-refractivity contribution in [3.05, 3.63) is 76.5 Å². The van der Waals surface area contributed by atoms with E-state index in [1.165, 1.54) is 29.9 Å². The Balaban J connectivity index is 1.93. The standard InChI is InChI=1S/C23H18F5N3O2/c1-12-8-15(24)10-17(25)21(12)30-11-31(18-6-7-20(33-3)29-13(18)2)22(32)16-9-14(23(26,27)28)4-5-19(16)30/h4-10H,11H2,1-3H3. The molecule has 4 rings (SSSR count). The van der Waals surface area contributed by atoms with Crippen LogP contribution in [0.5, 0.6) is 5.88 Å². The second-order valence-corrected chi connectivity index (χ2v) is 7.54. The van der Waals surface area contributed by atoms with E-state index in [1.807, 2.05) is 0 Å². The summed E-state index contributed by atoms with van der Waals surface area (Å²) >= 11 is 0. The van der Waals surface area contributed by atoms with Crippen molar-refractivity contribution in [3.8, 4) is 5.88 Å². The molecule has 33 heavy (non-hydrogen) atoms. The molecule has 1 aliphatic heterocycles. The maximum absolute atomic E-state index is 14.9. The molecule has 0 bridgehead atoms. The second-order valence-electron chi connectivity index (χ2n) is 7.54. The van der Waals surface area contributed by atoms with Crippen LogP contribution in [0.25, 0.3) is 0 Å². The lowest BCUT2D eigenvalue weighted by molar-refractivity contribution is -0.137. The monoisotopic (exact) mass is 463 g/mol. The second kappa shape index (κ2) is 8.02. The maximum atomic E-state index is 14.9. The maximum Gasteiger partial charge on any atom is 0.416 e. The van der Waals surface area contributed by atoms with Crippen LogP contribution in [0.1, 0.15) is 27.2 Å². The number of amides is 1. The van der Waals surface area contributed by atoms with Gasteiger partial charge >= 0.3 is 6.18 Å². The van der Waals surface area contributed by atoms with Gasteiger partial charge in [0.05, 0.1) is 41.0 Å². The summed E-state index contributed by atoms with van der Waals surface area (Å²) in [7, 11) is 1.42. The van der Waals surface area contributed by atoms with Gasteiger partial charge in [-0.1, -0.05) is 0 Å². The summed E-state index contributed by atoms with van der Waals surface area (Å²) in [5, 5.41) is 0. The van der Waals surface area contributed by atoms with Crippen LogP contribution in [0.2, 0.25) is 0 Å². The van der Waals surface area contributed by atoms with Gasteiger partial charge in [-0.05, 0) is 49.7 Å². The number of aryl methyl sites for hydroxylation is 2. The van der Waals surface area contributed by atoms with Gasteiger partial charge in [0, 0.05) is 12.1 Å². The number of methoxy groups -OCH3 is 1. The Hall–Kier alpha value is -3.69. The summed E-state index contributed by atoms with van der Waals surface area (Å²) in [4.78, 5) is 20.1. The van der Waals surface area contributed by atoms with Crippen LogP contribution in [-0.4, -0.2) is 24.7 Å².